The van der Waals surface area contributed by atoms with Crippen LogP contribution in [0.25, 0.3) is 0 Å². The van der Waals surface area contributed by atoms with Crippen LogP contribution in [0, 0.1) is 19.8 Å². The van der Waals surface area contributed by atoms with Crippen molar-refractivity contribution in [2.75, 3.05) is 13.1 Å². The summed E-state index contributed by atoms with van der Waals surface area (Å²) in [5, 5.41) is 12.2. The maximum atomic E-state index is 12.5. The minimum Gasteiger partial charge on any atom is -0.481 e. The normalized spacial score (nSPS) is 23.1. The lowest BCUT2D eigenvalue weighted by molar-refractivity contribution is -0.144. The number of carboxylic acid groups (broad SMARTS) is 1. The van der Waals surface area contributed by atoms with E-state index in [4.69, 9.17) is 4.42 Å². The molecular weight excluding hydrogens is 302 g/mol. The molecule has 0 bridgehead atoms. The van der Waals surface area contributed by atoms with Gasteiger partial charge in [0, 0.05) is 26.4 Å². The van der Waals surface area contributed by atoms with Crippen LogP contribution < -0.4 is 5.32 Å². The van der Waals surface area contributed by atoms with E-state index in [1.807, 2.05) is 0 Å². The fourth-order valence-corrected chi connectivity index (χ4v) is 3.58. The summed E-state index contributed by atoms with van der Waals surface area (Å²) in [5.41, 5.74) is -0.197. The van der Waals surface area contributed by atoms with E-state index >= 15 is 0 Å². The quantitative estimate of drug-likeness (QED) is 0.819. The van der Waals surface area contributed by atoms with Gasteiger partial charge in [-0.3, -0.25) is 14.4 Å². The molecule has 1 aromatic rings. The zero-order chi connectivity index (χ0) is 16.8. The molecule has 1 aromatic heterocycles. The molecule has 2 fully saturated rings. The summed E-state index contributed by atoms with van der Waals surface area (Å²) in [6.45, 7) is 4.15. The van der Waals surface area contributed by atoms with E-state index in [1.165, 1.54) is 0 Å². The highest BCUT2D eigenvalue weighted by molar-refractivity contribution is 5.93. The minimum absolute atomic E-state index is 0.00366. The highest BCUT2D eigenvalue weighted by Gasteiger charge is 2.52. The first kappa shape index (κ1) is 15.5. The molecule has 2 amide bonds. The van der Waals surface area contributed by atoms with Gasteiger partial charge in [-0.1, -0.05) is 0 Å². The molecule has 2 aliphatic heterocycles. The van der Waals surface area contributed by atoms with E-state index in [0.717, 1.165) is 0 Å². The predicted octanol–water partition coefficient (Wildman–Crippen LogP) is 0.487. The number of rotatable bonds is 2. The molecule has 0 saturated carbocycles. The third-order valence-electron chi connectivity index (χ3n) is 4.78. The Balaban J connectivity index is 1.73. The van der Waals surface area contributed by atoms with Crippen LogP contribution in [0.4, 0.5) is 0 Å². The van der Waals surface area contributed by atoms with Crippen molar-refractivity contribution in [3.8, 4) is 0 Å². The molecule has 0 radical (unpaired) electrons. The molecule has 2 saturated heterocycles. The Bertz CT molecular complexity index is 673. The van der Waals surface area contributed by atoms with Crippen LogP contribution in [-0.4, -0.2) is 51.4 Å². The predicted molar refractivity (Wildman–Crippen MR) is 77.7 cm³/mol. The summed E-state index contributed by atoms with van der Waals surface area (Å²) in [5.74, 6) is -1.52. The monoisotopic (exact) mass is 321 g/mol. The molecule has 1 atom stereocenters. The van der Waals surface area contributed by atoms with Gasteiger partial charge < -0.3 is 19.7 Å². The lowest BCUT2D eigenvalue weighted by Crippen LogP contribution is -2.56. The Morgan fingerprint density at radius 1 is 1.35 bits per heavy atom. The zero-order valence-electron chi connectivity index (χ0n) is 13.1. The summed E-state index contributed by atoms with van der Waals surface area (Å²) >= 11 is 0. The average Bonchev–Trinajstić information content (AvgIpc) is 2.99. The SMILES string of the molecule is Cc1nc(C)c(C(=O)N2CCC3(CC2)NC(=O)C[C@H]3C(=O)O)o1. The van der Waals surface area contributed by atoms with Gasteiger partial charge >= 0.3 is 5.97 Å². The first-order valence-electron chi connectivity index (χ1n) is 7.59. The Morgan fingerprint density at radius 3 is 2.52 bits per heavy atom. The summed E-state index contributed by atoms with van der Waals surface area (Å²) in [4.78, 5) is 41.3. The molecule has 8 nitrogen and oxygen atoms in total. The Labute approximate surface area is 132 Å². The van der Waals surface area contributed by atoms with Crippen molar-refractivity contribution in [2.45, 2.75) is 38.6 Å². The lowest BCUT2D eigenvalue weighted by Gasteiger charge is -2.41. The van der Waals surface area contributed by atoms with E-state index in [-0.39, 0.29) is 24.0 Å². The number of likely N-dealkylation sites (tertiary alicyclic amines) is 1. The molecular formula is C15H19N3O5. The maximum absolute atomic E-state index is 12.5. The number of oxazole rings is 1. The first-order valence-corrected chi connectivity index (χ1v) is 7.59. The van der Waals surface area contributed by atoms with Crippen molar-refractivity contribution in [1.82, 2.24) is 15.2 Å². The van der Waals surface area contributed by atoms with E-state index < -0.39 is 17.4 Å². The summed E-state index contributed by atoms with van der Waals surface area (Å²) in [6, 6.07) is 0. The smallest absolute Gasteiger partial charge is 0.309 e. The molecule has 124 valence electrons. The minimum atomic E-state index is -0.968. The van der Waals surface area contributed by atoms with Crippen molar-refractivity contribution < 1.29 is 23.9 Å². The summed E-state index contributed by atoms with van der Waals surface area (Å²) < 4.78 is 5.36. The second-order valence-electron chi connectivity index (χ2n) is 6.24. The molecule has 0 unspecified atom stereocenters. The number of aryl methyl sites for hydroxylation is 2. The third kappa shape index (κ3) is 2.58. The summed E-state index contributed by atoms with van der Waals surface area (Å²) in [6.07, 6.45) is 0.852. The maximum Gasteiger partial charge on any atom is 0.309 e. The fourth-order valence-electron chi connectivity index (χ4n) is 3.58. The van der Waals surface area contributed by atoms with Gasteiger partial charge in [0.15, 0.2) is 5.89 Å². The van der Waals surface area contributed by atoms with Crippen LogP contribution >= 0.6 is 0 Å². The van der Waals surface area contributed by atoms with E-state index in [0.29, 0.717) is 37.5 Å². The molecule has 3 heterocycles. The van der Waals surface area contributed by atoms with Crippen molar-refractivity contribution >= 4 is 17.8 Å². The van der Waals surface area contributed by atoms with Gasteiger partial charge in [0.1, 0.15) is 0 Å². The number of carbonyl (C=O) groups excluding carboxylic acids is 2. The van der Waals surface area contributed by atoms with Gasteiger partial charge in [-0.2, -0.15) is 0 Å². The molecule has 23 heavy (non-hydrogen) atoms. The number of carboxylic acids is 1. The Hall–Kier alpha value is -2.38. The number of nitrogens with one attached hydrogen (secondary N) is 1. The molecule has 2 aliphatic rings. The number of aliphatic carboxylic acids is 1. The van der Waals surface area contributed by atoms with Crippen LogP contribution in [-0.2, 0) is 9.59 Å². The molecule has 3 rings (SSSR count). The van der Waals surface area contributed by atoms with Gasteiger partial charge in [0.2, 0.25) is 11.7 Å². The lowest BCUT2D eigenvalue weighted by atomic mass is 9.77. The van der Waals surface area contributed by atoms with Gasteiger partial charge in [0.05, 0.1) is 17.2 Å². The molecule has 0 aromatic carbocycles. The van der Waals surface area contributed by atoms with Crippen LogP contribution in [0.1, 0.15) is 41.4 Å². The van der Waals surface area contributed by atoms with Gasteiger partial charge in [-0.05, 0) is 19.8 Å². The molecule has 8 heteroatoms. The topological polar surface area (TPSA) is 113 Å². The number of piperidine rings is 1. The fraction of sp³-hybridized carbons (Fsp3) is 0.600. The highest BCUT2D eigenvalue weighted by Crippen LogP contribution is 2.37. The second kappa shape index (κ2) is 5.36. The van der Waals surface area contributed by atoms with Crippen molar-refractivity contribution in [3.05, 3.63) is 17.3 Å². The van der Waals surface area contributed by atoms with Crippen LogP contribution in [0.3, 0.4) is 0 Å². The zero-order valence-corrected chi connectivity index (χ0v) is 13.1. The van der Waals surface area contributed by atoms with E-state index in [1.54, 1.807) is 18.7 Å². The molecule has 0 aliphatic carbocycles. The second-order valence-corrected chi connectivity index (χ2v) is 6.24. The summed E-state index contributed by atoms with van der Waals surface area (Å²) in [7, 11) is 0. The average molecular weight is 321 g/mol. The van der Waals surface area contributed by atoms with Crippen molar-refractivity contribution in [3.63, 3.8) is 0 Å². The number of nitrogens with zero attached hydrogens (tertiary/aromatic N) is 2. The van der Waals surface area contributed by atoms with Gasteiger partial charge in [-0.15, -0.1) is 0 Å². The van der Waals surface area contributed by atoms with Gasteiger partial charge in [-0.25, -0.2) is 4.98 Å². The Kier molecular flexibility index (Phi) is 3.62. The third-order valence-corrected chi connectivity index (χ3v) is 4.78. The highest BCUT2D eigenvalue weighted by atomic mass is 16.4. The number of carbonyl (C=O) groups is 3. The standard InChI is InChI=1S/C15H19N3O5/c1-8-12(23-9(2)16-8)13(20)18-5-3-15(4-6-18)10(14(21)22)7-11(19)17-15/h10H,3-7H2,1-2H3,(H,17,19)(H,21,22)/t10-/m0/s1. The number of hydrogen-bond acceptors (Lipinski definition) is 5. The van der Waals surface area contributed by atoms with Crippen LogP contribution in [0.15, 0.2) is 4.42 Å². The van der Waals surface area contributed by atoms with E-state index in [9.17, 15) is 19.5 Å². The van der Waals surface area contributed by atoms with Crippen molar-refractivity contribution in [2.24, 2.45) is 5.92 Å². The Morgan fingerprint density at radius 2 is 2.00 bits per heavy atom. The van der Waals surface area contributed by atoms with Crippen LogP contribution in [0.2, 0.25) is 0 Å². The number of aromatic nitrogens is 1. The van der Waals surface area contributed by atoms with Crippen molar-refractivity contribution in [1.29, 1.82) is 0 Å². The van der Waals surface area contributed by atoms with Gasteiger partial charge in [0.25, 0.3) is 5.91 Å². The number of hydrogen-bond donors (Lipinski definition) is 2. The first-order chi connectivity index (χ1) is 10.8. The molecule has 1 spiro atoms. The van der Waals surface area contributed by atoms with E-state index in [2.05, 4.69) is 10.3 Å². The van der Waals surface area contributed by atoms with Crippen LogP contribution in [0.5, 0.6) is 0 Å². The number of amides is 2. The molecule has 2 N–H and O–H groups in total. The largest absolute Gasteiger partial charge is 0.481 e.